The third kappa shape index (κ3) is 3.33. The van der Waals surface area contributed by atoms with Crippen LogP contribution in [0.5, 0.6) is 5.75 Å². The average Bonchev–Trinajstić information content (AvgIpc) is 2.52. The standard InChI is InChI=1S/C15H14FN3O3/c16-12-7-2-1-6-11(12)9-4-3-5-10(8-9)22-14(19-18)13(17)15(20)21/h1-8,19H,17-18H2,(H,20,21)/b14-13+. The maximum absolute atomic E-state index is 13.8. The minimum Gasteiger partial charge on any atom is -0.476 e. The highest BCUT2D eigenvalue weighted by Gasteiger charge is 2.13. The molecule has 0 saturated heterocycles. The van der Waals surface area contributed by atoms with E-state index in [2.05, 4.69) is 5.43 Å². The minimum absolute atomic E-state index is 0.262. The number of nitrogens with two attached hydrogens (primary N) is 2. The number of ether oxygens (including phenoxy) is 1. The van der Waals surface area contributed by atoms with Gasteiger partial charge in [-0.2, -0.15) is 0 Å². The molecule has 7 heteroatoms. The zero-order valence-corrected chi connectivity index (χ0v) is 11.4. The van der Waals surface area contributed by atoms with Gasteiger partial charge >= 0.3 is 5.97 Å². The summed E-state index contributed by atoms with van der Waals surface area (Å²) >= 11 is 0. The number of carboxylic acid groups (broad SMARTS) is 1. The molecule has 6 nitrogen and oxygen atoms in total. The van der Waals surface area contributed by atoms with Gasteiger partial charge in [0.15, 0.2) is 5.70 Å². The maximum atomic E-state index is 13.8. The summed E-state index contributed by atoms with van der Waals surface area (Å²) < 4.78 is 19.1. The second-order valence-electron chi connectivity index (χ2n) is 4.30. The van der Waals surface area contributed by atoms with Crippen LogP contribution in [0.1, 0.15) is 0 Å². The highest BCUT2D eigenvalue weighted by Crippen LogP contribution is 2.26. The van der Waals surface area contributed by atoms with Crippen molar-refractivity contribution in [2.24, 2.45) is 11.6 Å². The van der Waals surface area contributed by atoms with Crippen LogP contribution in [0.25, 0.3) is 11.1 Å². The lowest BCUT2D eigenvalue weighted by Crippen LogP contribution is -2.31. The van der Waals surface area contributed by atoms with Crippen LogP contribution in [-0.4, -0.2) is 11.1 Å². The van der Waals surface area contributed by atoms with E-state index >= 15 is 0 Å². The summed E-state index contributed by atoms with van der Waals surface area (Å²) in [5.41, 5.74) is 7.82. The van der Waals surface area contributed by atoms with E-state index in [0.717, 1.165) is 0 Å². The summed E-state index contributed by atoms with van der Waals surface area (Å²) in [6.45, 7) is 0. The number of carbonyl (C=O) groups is 1. The molecule has 0 heterocycles. The van der Waals surface area contributed by atoms with Crippen molar-refractivity contribution in [3.8, 4) is 16.9 Å². The molecule has 2 aromatic rings. The molecule has 0 aliphatic heterocycles. The Labute approximate surface area is 125 Å². The van der Waals surface area contributed by atoms with E-state index in [0.29, 0.717) is 11.1 Å². The molecule has 0 atom stereocenters. The van der Waals surface area contributed by atoms with E-state index in [1.54, 1.807) is 42.5 Å². The number of halogens is 1. The lowest BCUT2D eigenvalue weighted by atomic mass is 10.1. The van der Waals surface area contributed by atoms with Crippen LogP contribution in [-0.2, 0) is 4.79 Å². The van der Waals surface area contributed by atoms with Crippen molar-refractivity contribution in [2.45, 2.75) is 0 Å². The van der Waals surface area contributed by atoms with Crippen molar-refractivity contribution >= 4 is 5.97 Å². The van der Waals surface area contributed by atoms with Gasteiger partial charge in [0, 0.05) is 5.56 Å². The quantitative estimate of drug-likeness (QED) is 0.289. The molecule has 0 spiro atoms. The lowest BCUT2D eigenvalue weighted by Gasteiger charge is -2.12. The topological polar surface area (TPSA) is 111 Å². The van der Waals surface area contributed by atoms with E-state index in [4.69, 9.17) is 21.4 Å². The largest absolute Gasteiger partial charge is 0.476 e. The zero-order valence-electron chi connectivity index (χ0n) is 11.4. The summed E-state index contributed by atoms with van der Waals surface area (Å²) in [4.78, 5) is 10.8. The molecule has 114 valence electrons. The first-order valence-electron chi connectivity index (χ1n) is 6.25. The van der Waals surface area contributed by atoms with Gasteiger partial charge in [0.05, 0.1) is 0 Å². The molecule has 0 radical (unpaired) electrons. The first-order valence-corrected chi connectivity index (χ1v) is 6.25. The Kier molecular flexibility index (Phi) is 4.60. The number of hydrogen-bond acceptors (Lipinski definition) is 5. The SMILES string of the molecule is NN/C(Oc1cccc(-c2ccccc2F)c1)=C(\N)C(=O)O. The third-order valence-corrected chi connectivity index (χ3v) is 2.84. The molecule has 0 bridgehead atoms. The predicted molar refractivity (Wildman–Crippen MR) is 78.6 cm³/mol. The minimum atomic E-state index is -1.38. The number of carboxylic acids is 1. The number of hydrogen-bond donors (Lipinski definition) is 4. The Morgan fingerprint density at radius 2 is 1.91 bits per heavy atom. The summed E-state index contributed by atoms with van der Waals surface area (Å²) in [5.74, 6) is 3.40. The predicted octanol–water partition coefficient (Wildman–Crippen LogP) is 1.55. The second kappa shape index (κ2) is 6.59. The monoisotopic (exact) mass is 303 g/mol. The Balaban J connectivity index is 2.35. The van der Waals surface area contributed by atoms with E-state index in [1.807, 2.05) is 0 Å². The summed E-state index contributed by atoms with van der Waals surface area (Å²) in [6.07, 6.45) is 0. The molecule has 6 N–H and O–H groups in total. The Bertz CT molecular complexity index is 731. The van der Waals surface area contributed by atoms with E-state index in [9.17, 15) is 9.18 Å². The van der Waals surface area contributed by atoms with E-state index in [1.165, 1.54) is 6.07 Å². The molecule has 0 aliphatic rings. The molecule has 0 aliphatic carbocycles. The molecule has 22 heavy (non-hydrogen) atoms. The van der Waals surface area contributed by atoms with Gasteiger partial charge in [-0.1, -0.05) is 30.3 Å². The van der Waals surface area contributed by atoms with Gasteiger partial charge in [-0.05, 0) is 23.8 Å². The highest BCUT2D eigenvalue weighted by molar-refractivity contribution is 5.85. The second-order valence-corrected chi connectivity index (χ2v) is 4.30. The molecule has 0 aromatic heterocycles. The fraction of sp³-hybridized carbons (Fsp3) is 0. The van der Waals surface area contributed by atoms with Crippen LogP contribution in [0.2, 0.25) is 0 Å². The van der Waals surface area contributed by atoms with Crippen LogP contribution in [0, 0.1) is 5.82 Å². The van der Waals surface area contributed by atoms with Gasteiger partial charge in [0.25, 0.3) is 0 Å². The van der Waals surface area contributed by atoms with E-state index < -0.39 is 11.7 Å². The Hall–Kier alpha value is -3.06. The van der Waals surface area contributed by atoms with Gasteiger partial charge in [-0.25, -0.2) is 15.0 Å². The number of aliphatic carboxylic acids is 1. The fourth-order valence-corrected chi connectivity index (χ4v) is 1.80. The maximum Gasteiger partial charge on any atom is 0.357 e. The number of hydrazine groups is 1. The zero-order chi connectivity index (χ0) is 16.1. The van der Waals surface area contributed by atoms with Gasteiger partial charge in [-0.15, -0.1) is 0 Å². The third-order valence-electron chi connectivity index (χ3n) is 2.84. The number of rotatable bonds is 5. The number of nitrogens with one attached hydrogen (secondary N) is 1. The van der Waals surface area contributed by atoms with Crippen molar-refractivity contribution in [1.29, 1.82) is 0 Å². The molecular formula is C15H14FN3O3. The van der Waals surface area contributed by atoms with Crippen LogP contribution in [0.4, 0.5) is 4.39 Å². The Morgan fingerprint density at radius 3 is 2.55 bits per heavy atom. The van der Waals surface area contributed by atoms with Crippen LogP contribution in [0.15, 0.2) is 60.1 Å². The molecular weight excluding hydrogens is 289 g/mol. The fourth-order valence-electron chi connectivity index (χ4n) is 1.80. The smallest absolute Gasteiger partial charge is 0.357 e. The van der Waals surface area contributed by atoms with Crippen molar-refractivity contribution in [3.05, 3.63) is 65.9 Å². The van der Waals surface area contributed by atoms with Gasteiger partial charge in [0.2, 0.25) is 5.88 Å². The highest BCUT2D eigenvalue weighted by atomic mass is 19.1. The molecule has 0 saturated carbocycles. The van der Waals surface area contributed by atoms with E-state index in [-0.39, 0.29) is 17.4 Å². The first-order chi connectivity index (χ1) is 10.5. The van der Waals surface area contributed by atoms with Crippen LogP contribution < -0.4 is 21.7 Å². The Morgan fingerprint density at radius 1 is 1.18 bits per heavy atom. The summed E-state index contributed by atoms with van der Waals surface area (Å²) in [6, 6.07) is 12.7. The summed E-state index contributed by atoms with van der Waals surface area (Å²) in [7, 11) is 0. The normalized spacial score (nSPS) is 11.5. The molecule has 2 aromatic carbocycles. The van der Waals surface area contributed by atoms with Gasteiger partial charge in [-0.3, -0.25) is 5.43 Å². The van der Waals surface area contributed by atoms with Crippen molar-refractivity contribution < 1.29 is 19.0 Å². The summed E-state index contributed by atoms with van der Waals surface area (Å²) in [5, 5.41) is 8.82. The average molecular weight is 303 g/mol. The molecule has 0 fully saturated rings. The lowest BCUT2D eigenvalue weighted by molar-refractivity contribution is -0.132. The van der Waals surface area contributed by atoms with Crippen LogP contribution in [0.3, 0.4) is 0 Å². The first kappa shape index (κ1) is 15.3. The van der Waals surface area contributed by atoms with Gasteiger partial charge < -0.3 is 15.6 Å². The van der Waals surface area contributed by atoms with Crippen molar-refractivity contribution in [1.82, 2.24) is 5.43 Å². The van der Waals surface area contributed by atoms with Crippen molar-refractivity contribution in [3.63, 3.8) is 0 Å². The molecule has 2 rings (SSSR count). The number of benzene rings is 2. The molecule has 0 amide bonds. The molecule has 0 unspecified atom stereocenters. The van der Waals surface area contributed by atoms with Crippen LogP contribution >= 0.6 is 0 Å². The van der Waals surface area contributed by atoms with Crippen molar-refractivity contribution in [2.75, 3.05) is 0 Å². The van der Waals surface area contributed by atoms with Gasteiger partial charge in [0.1, 0.15) is 11.6 Å².